The minimum absolute atomic E-state index is 0.0827. The van der Waals surface area contributed by atoms with E-state index in [4.69, 9.17) is 11.6 Å². The van der Waals surface area contributed by atoms with Crippen molar-refractivity contribution in [2.24, 2.45) is 0 Å². The number of aromatic nitrogens is 1. The van der Waals surface area contributed by atoms with Crippen molar-refractivity contribution in [1.82, 2.24) is 4.37 Å². The number of aromatic hydroxyl groups is 1. The third kappa shape index (κ3) is 3.08. The fourth-order valence-corrected chi connectivity index (χ4v) is 4.90. The summed E-state index contributed by atoms with van der Waals surface area (Å²) < 4.78 is 60.5. The Morgan fingerprint density at radius 3 is 2.71 bits per heavy atom. The summed E-state index contributed by atoms with van der Waals surface area (Å²) in [6.07, 6.45) is -0.741. The third-order valence-corrected chi connectivity index (χ3v) is 6.19. The van der Waals surface area contributed by atoms with Gasteiger partial charge >= 0.3 is 0 Å². The standard InChI is InChI=1S/C19H15ClF4N2OS/c20-10-8-9-17(16(22)14(10)15-11(21)4-3-6-13(15)27)25-28-19(9)26-7-2-1-5-12(26)18(23)24/h3-4,6,8,12,18,27H,1-2,5,7H2. The van der Waals surface area contributed by atoms with Crippen LogP contribution in [0.1, 0.15) is 19.3 Å². The first-order chi connectivity index (χ1) is 13.4. The molecule has 0 saturated carbocycles. The summed E-state index contributed by atoms with van der Waals surface area (Å²) in [6.45, 7) is 0.418. The first kappa shape index (κ1) is 19.3. The molecule has 1 fully saturated rings. The SMILES string of the molecule is Oc1cccc(F)c1-c1c(Cl)cc2c(N3CCCCC3C(F)F)snc2c1F. The Labute approximate surface area is 167 Å². The number of hydrogen-bond acceptors (Lipinski definition) is 4. The monoisotopic (exact) mass is 430 g/mol. The van der Waals surface area contributed by atoms with Gasteiger partial charge in [-0.05, 0) is 49.0 Å². The van der Waals surface area contributed by atoms with E-state index in [1.165, 1.54) is 18.2 Å². The highest BCUT2D eigenvalue weighted by Gasteiger charge is 2.33. The van der Waals surface area contributed by atoms with Gasteiger partial charge in [0.15, 0.2) is 5.82 Å². The van der Waals surface area contributed by atoms with Crippen molar-refractivity contribution >= 4 is 39.0 Å². The van der Waals surface area contributed by atoms with Crippen LogP contribution in [0.3, 0.4) is 0 Å². The van der Waals surface area contributed by atoms with Crippen LogP contribution in [0, 0.1) is 11.6 Å². The third-order valence-electron chi connectivity index (χ3n) is 4.99. The molecule has 4 rings (SSSR count). The van der Waals surface area contributed by atoms with E-state index < -0.39 is 29.9 Å². The Kier molecular flexibility index (Phi) is 5.09. The van der Waals surface area contributed by atoms with Gasteiger partial charge in [-0.3, -0.25) is 0 Å². The van der Waals surface area contributed by atoms with Crippen molar-refractivity contribution in [2.75, 3.05) is 11.4 Å². The van der Waals surface area contributed by atoms with Gasteiger partial charge in [0.2, 0.25) is 0 Å². The van der Waals surface area contributed by atoms with Gasteiger partial charge in [0.25, 0.3) is 6.43 Å². The Morgan fingerprint density at radius 1 is 1.21 bits per heavy atom. The van der Waals surface area contributed by atoms with Crippen molar-refractivity contribution in [3.05, 3.63) is 40.9 Å². The quantitative estimate of drug-likeness (QED) is 0.501. The fourth-order valence-electron chi connectivity index (χ4n) is 3.67. The van der Waals surface area contributed by atoms with E-state index in [9.17, 15) is 18.3 Å². The highest BCUT2D eigenvalue weighted by Crippen LogP contribution is 2.45. The number of piperidine rings is 1. The number of anilines is 1. The van der Waals surface area contributed by atoms with E-state index in [0.29, 0.717) is 29.8 Å². The molecule has 3 nitrogen and oxygen atoms in total. The number of phenolic OH excluding ortho intramolecular Hbond substituents is 1. The Hall–Kier alpha value is -2.06. The van der Waals surface area contributed by atoms with E-state index in [1.807, 2.05) is 0 Å². The number of nitrogens with zero attached hydrogens (tertiary/aromatic N) is 2. The fraction of sp³-hybridized carbons (Fsp3) is 0.316. The first-order valence-corrected chi connectivity index (χ1v) is 9.85. The minimum atomic E-state index is -2.53. The van der Waals surface area contributed by atoms with Crippen LogP contribution in [0.25, 0.3) is 22.0 Å². The zero-order valence-electron chi connectivity index (χ0n) is 14.4. The number of rotatable bonds is 3. The molecule has 1 aliphatic rings. The zero-order valence-corrected chi connectivity index (χ0v) is 16.0. The lowest BCUT2D eigenvalue weighted by atomic mass is 10.00. The molecule has 0 amide bonds. The second-order valence-corrected chi connectivity index (χ2v) is 7.82. The Balaban J connectivity index is 1.89. The summed E-state index contributed by atoms with van der Waals surface area (Å²) in [4.78, 5) is 1.56. The van der Waals surface area contributed by atoms with Crippen LogP contribution in [0.2, 0.25) is 5.02 Å². The van der Waals surface area contributed by atoms with Gasteiger partial charge in [-0.2, -0.15) is 4.37 Å². The lowest BCUT2D eigenvalue weighted by Gasteiger charge is -2.35. The molecule has 0 spiro atoms. The first-order valence-electron chi connectivity index (χ1n) is 8.70. The molecule has 1 saturated heterocycles. The second kappa shape index (κ2) is 7.40. The Bertz CT molecular complexity index is 1020. The van der Waals surface area contributed by atoms with Crippen molar-refractivity contribution in [3.63, 3.8) is 0 Å². The highest BCUT2D eigenvalue weighted by molar-refractivity contribution is 7.11. The predicted octanol–water partition coefficient (Wildman–Crippen LogP) is 6.22. The Morgan fingerprint density at radius 2 is 2.00 bits per heavy atom. The normalized spacial score (nSPS) is 17.6. The maximum absolute atomic E-state index is 15.2. The van der Waals surface area contributed by atoms with Gasteiger partial charge in [-0.1, -0.05) is 17.7 Å². The van der Waals surface area contributed by atoms with Crippen LogP contribution < -0.4 is 4.90 Å². The van der Waals surface area contributed by atoms with Crippen LogP contribution in [0.5, 0.6) is 5.75 Å². The average molecular weight is 431 g/mol. The lowest BCUT2D eigenvalue weighted by Crippen LogP contribution is -2.43. The number of phenols is 1. The van der Waals surface area contributed by atoms with Crippen LogP contribution in [0.15, 0.2) is 24.3 Å². The van der Waals surface area contributed by atoms with Crippen LogP contribution in [-0.4, -0.2) is 28.5 Å². The van der Waals surface area contributed by atoms with Gasteiger partial charge in [0.1, 0.15) is 22.1 Å². The van der Waals surface area contributed by atoms with Gasteiger partial charge in [0, 0.05) is 17.5 Å². The summed E-state index contributed by atoms with van der Waals surface area (Å²) in [5.74, 6) is -2.18. The van der Waals surface area contributed by atoms with Crippen LogP contribution in [-0.2, 0) is 0 Å². The summed E-state index contributed by atoms with van der Waals surface area (Å²) in [7, 11) is 0. The summed E-state index contributed by atoms with van der Waals surface area (Å²) in [5.41, 5.74) is -0.740. The van der Waals surface area contributed by atoms with Crippen molar-refractivity contribution in [1.29, 1.82) is 0 Å². The number of halogens is 5. The van der Waals surface area contributed by atoms with Gasteiger partial charge in [-0.15, -0.1) is 0 Å². The van der Waals surface area contributed by atoms with Crippen molar-refractivity contribution in [2.45, 2.75) is 31.7 Å². The molecule has 1 unspecified atom stereocenters. The molecule has 28 heavy (non-hydrogen) atoms. The molecular formula is C19H15ClF4N2OS. The molecule has 1 N–H and O–H groups in total. The molecule has 1 aliphatic heterocycles. The number of hydrogen-bond donors (Lipinski definition) is 1. The second-order valence-electron chi connectivity index (χ2n) is 6.66. The van der Waals surface area contributed by atoms with Crippen molar-refractivity contribution < 1.29 is 22.7 Å². The summed E-state index contributed by atoms with van der Waals surface area (Å²) in [5, 5.41) is 10.6. The smallest absolute Gasteiger partial charge is 0.258 e. The lowest BCUT2D eigenvalue weighted by molar-refractivity contribution is 0.100. The van der Waals surface area contributed by atoms with Gasteiger partial charge in [-0.25, -0.2) is 17.6 Å². The van der Waals surface area contributed by atoms with E-state index in [2.05, 4.69) is 4.37 Å². The molecule has 3 aromatic rings. The van der Waals surface area contributed by atoms with Gasteiger partial charge < -0.3 is 10.0 Å². The number of alkyl halides is 2. The van der Waals surface area contributed by atoms with E-state index in [-0.39, 0.29) is 21.7 Å². The molecule has 2 heterocycles. The molecular weight excluding hydrogens is 416 g/mol. The highest BCUT2D eigenvalue weighted by atomic mass is 35.5. The predicted molar refractivity (Wildman–Crippen MR) is 103 cm³/mol. The molecule has 1 atom stereocenters. The molecule has 2 aromatic carbocycles. The van der Waals surface area contributed by atoms with E-state index >= 15 is 4.39 Å². The average Bonchev–Trinajstić information content (AvgIpc) is 3.07. The minimum Gasteiger partial charge on any atom is -0.507 e. The molecule has 1 aromatic heterocycles. The largest absolute Gasteiger partial charge is 0.507 e. The topological polar surface area (TPSA) is 36.4 Å². The van der Waals surface area contributed by atoms with Crippen LogP contribution >= 0.6 is 23.1 Å². The van der Waals surface area contributed by atoms with Crippen molar-refractivity contribution in [3.8, 4) is 16.9 Å². The molecule has 0 bridgehead atoms. The number of fused-ring (bicyclic) bond motifs is 1. The molecule has 148 valence electrons. The van der Waals surface area contributed by atoms with Crippen LogP contribution in [0.4, 0.5) is 22.6 Å². The molecule has 0 aliphatic carbocycles. The van der Waals surface area contributed by atoms with Gasteiger partial charge in [0.05, 0.1) is 16.6 Å². The molecule has 0 radical (unpaired) electrons. The zero-order chi connectivity index (χ0) is 20.0. The summed E-state index contributed by atoms with van der Waals surface area (Å²) in [6, 6.07) is 4.04. The molecule has 9 heteroatoms. The summed E-state index contributed by atoms with van der Waals surface area (Å²) >= 11 is 7.16. The number of benzene rings is 2. The van der Waals surface area contributed by atoms with E-state index in [1.54, 1.807) is 4.90 Å². The maximum Gasteiger partial charge on any atom is 0.258 e. The van der Waals surface area contributed by atoms with E-state index in [0.717, 1.165) is 24.0 Å². The maximum atomic E-state index is 15.2.